The van der Waals surface area contributed by atoms with Crippen LogP contribution in [0.5, 0.6) is 23.0 Å². The molecule has 2 N–H and O–H groups in total. The van der Waals surface area contributed by atoms with E-state index < -0.39 is 15.5 Å². The van der Waals surface area contributed by atoms with Gasteiger partial charge < -0.3 is 18.1 Å². The Bertz CT molecular complexity index is 1790. The van der Waals surface area contributed by atoms with E-state index in [0.717, 1.165) is 11.1 Å². The monoisotopic (exact) mass is 734 g/mol. The van der Waals surface area contributed by atoms with Gasteiger partial charge in [0.15, 0.2) is 0 Å². The van der Waals surface area contributed by atoms with E-state index in [1.54, 1.807) is 48.5 Å². The van der Waals surface area contributed by atoms with E-state index in [4.69, 9.17) is 18.1 Å². The van der Waals surface area contributed by atoms with Crippen LogP contribution in [0.3, 0.4) is 0 Å². The summed E-state index contributed by atoms with van der Waals surface area (Å²) in [5.41, 5.74) is 4.35. The predicted molar refractivity (Wildman–Crippen MR) is 209 cm³/mol. The third-order valence-electron chi connectivity index (χ3n) is 7.73. The number of benzene rings is 6. The van der Waals surface area contributed by atoms with E-state index in [9.17, 15) is 9.13 Å². The quantitative estimate of drug-likeness (QED) is 0.107. The zero-order valence-corrected chi connectivity index (χ0v) is 31.5. The van der Waals surface area contributed by atoms with Crippen molar-refractivity contribution in [3.63, 3.8) is 0 Å². The van der Waals surface area contributed by atoms with Crippen LogP contribution in [0.1, 0.15) is 48.2 Å². The molecule has 52 heavy (non-hydrogen) atoms. The van der Waals surface area contributed by atoms with Crippen molar-refractivity contribution in [2.24, 2.45) is 0 Å². The highest BCUT2D eigenvalue weighted by Gasteiger charge is 2.32. The molecule has 6 aromatic carbocycles. The van der Waals surface area contributed by atoms with Crippen LogP contribution in [0, 0.1) is 13.8 Å². The Labute approximate surface area is 307 Å². The third-order valence-corrected chi connectivity index (χ3v) is 10.9. The lowest BCUT2D eigenvalue weighted by molar-refractivity contribution is 0.362. The molecule has 0 amide bonds. The van der Waals surface area contributed by atoms with Gasteiger partial charge in [-0.25, -0.2) is 9.13 Å². The Balaban J connectivity index is 0.000000201. The highest BCUT2D eigenvalue weighted by molar-refractivity contribution is 7.52. The summed E-state index contributed by atoms with van der Waals surface area (Å²) in [5, 5.41) is 6.07. The first-order chi connectivity index (χ1) is 25.1. The normalized spacial score (nSPS) is 12.4. The van der Waals surface area contributed by atoms with Gasteiger partial charge in [0.1, 0.15) is 23.0 Å². The van der Waals surface area contributed by atoms with Crippen molar-refractivity contribution in [3.05, 3.63) is 192 Å². The maximum Gasteiger partial charge on any atom is 0.513 e. The average molecular weight is 735 g/mol. The summed E-state index contributed by atoms with van der Waals surface area (Å²) in [6.45, 7) is 7.92. The summed E-state index contributed by atoms with van der Waals surface area (Å²) in [6.07, 6.45) is 0. The molecule has 0 saturated heterocycles. The fourth-order valence-electron chi connectivity index (χ4n) is 4.96. The van der Waals surface area contributed by atoms with Gasteiger partial charge in [0, 0.05) is 12.1 Å². The predicted octanol–water partition coefficient (Wildman–Crippen LogP) is 11.8. The Hall–Kier alpha value is -5.10. The molecule has 0 aromatic heterocycles. The SMILES string of the molecule is Cc1ccc([C@@H](C)NP(=O)(Oc2ccccc2)Oc2ccccc2)cc1.Cc1ccc([C@@H](C)NP(=O)(Oc2ccccc2)Oc2ccccc2)cc1. The van der Waals surface area contributed by atoms with Crippen molar-refractivity contribution in [3.8, 4) is 23.0 Å². The van der Waals surface area contributed by atoms with Crippen LogP contribution in [0.4, 0.5) is 0 Å². The maximum atomic E-state index is 13.4. The molecule has 0 aliphatic rings. The van der Waals surface area contributed by atoms with E-state index >= 15 is 0 Å². The molecule has 6 rings (SSSR count). The Kier molecular flexibility index (Phi) is 13.5. The third kappa shape index (κ3) is 12.0. The largest absolute Gasteiger partial charge is 0.513 e. The van der Waals surface area contributed by atoms with Crippen molar-refractivity contribution < 1.29 is 27.2 Å². The first-order valence-corrected chi connectivity index (χ1v) is 20.0. The van der Waals surface area contributed by atoms with E-state index in [-0.39, 0.29) is 12.1 Å². The molecule has 0 radical (unpaired) electrons. The number of aryl methyl sites for hydroxylation is 2. The van der Waals surface area contributed by atoms with E-state index in [0.29, 0.717) is 23.0 Å². The molecule has 0 fully saturated rings. The van der Waals surface area contributed by atoms with Crippen molar-refractivity contribution in [2.75, 3.05) is 0 Å². The summed E-state index contributed by atoms with van der Waals surface area (Å²) in [5.74, 6) is 1.93. The minimum atomic E-state index is -3.65. The first kappa shape index (κ1) is 38.1. The second kappa shape index (κ2) is 18.4. The molecular weight excluding hydrogens is 690 g/mol. The highest BCUT2D eigenvalue weighted by Crippen LogP contribution is 2.48. The Morgan fingerprint density at radius 2 is 0.615 bits per heavy atom. The van der Waals surface area contributed by atoms with Crippen LogP contribution in [0.15, 0.2) is 170 Å². The number of hydrogen-bond acceptors (Lipinski definition) is 6. The minimum absolute atomic E-state index is 0.214. The zero-order valence-electron chi connectivity index (χ0n) is 29.7. The summed E-state index contributed by atoms with van der Waals surface area (Å²) in [6, 6.07) is 51.8. The van der Waals surface area contributed by atoms with E-state index in [2.05, 4.69) is 10.2 Å². The van der Waals surface area contributed by atoms with E-state index in [1.165, 1.54) is 11.1 Å². The summed E-state index contributed by atoms with van der Waals surface area (Å²) in [4.78, 5) is 0. The lowest BCUT2D eigenvalue weighted by Crippen LogP contribution is -2.22. The molecule has 0 saturated carbocycles. The smallest absolute Gasteiger partial charge is 0.405 e. The van der Waals surface area contributed by atoms with Gasteiger partial charge in [0.25, 0.3) is 0 Å². The molecule has 0 bridgehead atoms. The van der Waals surface area contributed by atoms with Gasteiger partial charge in [-0.05, 0) is 87.4 Å². The van der Waals surface area contributed by atoms with Crippen LogP contribution in [-0.2, 0) is 9.13 Å². The lowest BCUT2D eigenvalue weighted by Gasteiger charge is -2.24. The van der Waals surface area contributed by atoms with Crippen LogP contribution in [0.2, 0.25) is 0 Å². The molecule has 0 aliphatic carbocycles. The van der Waals surface area contributed by atoms with E-state index in [1.807, 2.05) is 149 Å². The number of hydrogen-bond donors (Lipinski definition) is 2. The van der Waals surface area contributed by atoms with Gasteiger partial charge in [0.2, 0.25) is 0 Å². The summed E-state index contributed by atoms with van der Waals surface area (Å²) in [7, 11) is -7.29. The van der Waals surface area contributed by atoms with Crippen molar-refractivity contribution in [1.82, 2.24) is 10.2 Å². The zero-order chi connectivity index (χ0) is 36.8. The number of nitrogens with one attached hydrogen (secondary N) is 2. The Morgan fingerprint density at radius 1 is 0.385 bits per heavy atom. The molecule has 0 aliphatic heterocycles. The second-order valence-corrected chi connectivity index (χ2v) is 15.4. The van der Waals surface area contributed by atoms with Gasteiger partial charge in [0.05, 0.1) is 0 Å². The molecule has 2 atom stereocenters. The van der Waals surface area contributed by atoms with Crippen LogP contribution in [-0.4, -0.2) is 0 Å². The minimum Gasteiger partial charge on any atom is -0.405 e. The maximum absolute atomic E-state index is 13.4. The molecule has 8 nitrogen and oxygen atoms in total. The fourth-order valence-corrected chi connectivity index (χ4v) is 8.09. The van der Waals surface area contributed by atoms with Gasteiger partial charge in [-0.2, -0.15) is 10.2 Å². The summed E-state index contributed by atoms with van der Waals surface area (Å²) >= 11 is 0. The topological polar surface area (TPSA) is 95.1 Å². The van der Waals surface area contributed by atoms with Crippen LogP contribution in [0.25, 0.3) is 0 Å². The highest BCUT2D eigenvalue weighted by atomic mass is 31.2. The van der Waals surface area contributed by atoms with Crippen LogP contribution >= 0.6 is 15.5 Å². The van der Waals surface area contributed by atoms with Gasteiger partial charge in [-0.1, -0.05) is 132 Å². The van der Waals surface area contributed by atoms with Gasteiger partial charge in [-0.3, -0.25) is 0 Å². The summed E-state index contributed by atoms with van der Waals surface area (Å²) < 4.78 is 49.9. The van der Waals surface area contributed by atoms with Crippen LogP contribution < -0.4 is 28.3 Å². The molecule has 0 unspecified atom stereocenters. The molecular formula is C42H44N2O6P2. The first-order valence-electron chi connectivity index (χ1n) is 17.0. The molecule has 0 heterocycles. The Morgan fingerprint density at radius 3 is 0.846 bits per heavy atom. The van der Waals surface area contributed by atoms with Gasteiger partial charge in [-0.15, -0.1) is 0 Å². The number of para-hydroxylation sites is 4. The molecule has 268 valence electrons. The van der Waals surface area contributed by atoms with Crippen molar-refractivity contribution in [2.45, 2.75) is 39.8 Å². The number of rotatable bonds is 14. The molecule has 10 heteroatoms. The van der Waals surface area contributed by atoms with Gasteiger partial charge >= 0.3 is 15.5 Å². The van der Waals surface area contributed by atoms with Crippen molar-refractivity contribution in [1.29, 1.82) is 0 Å². The average Bonchev–Trinajstić information content (AvgIpc) is 3.14. The second-order valence-electron chi connectivity index (χ2n) is 12.1. The molecule has 0 spiro atoms. The standard InChI is InChI=1S/2C21H22NO3P/c2*1-17-13-15-19(16-14-17)18(2)22-26(23,24-20-9-5-3-6-10-20)25-21-11-7-4-8-12-21/h2*3-16,18H,1-2H3,(H,22,23)/t2*18-/m11/s1. The fraction of sp³-hybridized carbons (Fsp3) is 0.143. The van der Waals surface area contributed by atoms with Crippen molar-refractivity contribution >= 4 is 15.5 Å². The lowest BCUT2D eigenvalue weighted by atomic mass is 10.1. The molecule has 6 aromatic rings.